The first-order chi connectivity index (χ1) is 14.1. The fourth-order valence-electron chi connectivity index (χ4n) is 3.63. The highest BCUT2D eigenvalue weighted by Crippen LogP contribution is 2.32. The number of piperidine rings is 1. The van der Waals surface area contributed by atoms with Gasteiger partial charge in [0.05, 0.1) is 11.8 Å². The summed E-state index contributed by atoms with van der Waals surface area (Å²) in [4.78, 5) is 27.1. The van der Waals surface area contributed by atoms with E-state index >= 15 is 0 Å². The molecular formula is C22H25F3N2O3. The predicted molar refractivity (Wildman–Crippen MR) is 105 cm³/mol. The van der Waals surface area contributed by atoms with E-state index < -0.39 is 23.2 Å². The Balaban J connectivity index is 1.69. The summed E-state index contributed by atoms with van der Waals surface area (Å²) in [5, 5.41) is 2.83. The van der Waals surface area contributed by atoms with Gasteiger partial charge in [0.2, 0.25) is 5.91 Å². The maximum atomic E-state index is 13.0. The van der Waals surface area contributed by atoms with Gasteiger partial charge in [-0.15, -0.1) is 0 Å². The molecular weight excluding hydrogens is 397 g/mol. The lowest BCUT2D eigenvalue weighted by atomic mass is 9.83. The molecule has 8 heteroatoms. The number of hydrogen-bond acceptors (Lipinski definition) is 3. The van der Waals surface area contributed by atoms with Crippen molar-refractivity contribution in [1.82, 2.24) is 10.2 Å². The summed E-state index contributed by atoms with van der Waals surface area (Å²) in [6.45, 7) is 4.14. The molecule has 0 aliphatic carbocycles. The molecule has 3 rings (SSSR count). The molecule has 1 aliphatic rings. The summed E-state index contributed by atoms with van der Waals surface area (Å²) < 4.78 is 44.3. The van der Waals surface area contributed by atoms with Gasteiger partial charge in [-0.05, 0) is 43.0 Å². The Morgan fingerprint density at radius 1 is 1.13 bits per heavy atom. The van der Waals surface area contributed by atoms with Crippen molar-refractivity contribution in [1.29, 1.82) is 0 Å². The van der Waals surface area contributed by atoms with Crippen LogP contribution in [0.1, 0.15) is 54.8 Å². The van der Waals surface area contributed by atoms with Crippen LogP contribution in [0.3, 0.4) is 0 Å². The molecule has 1 aromatic heterocycles. The molecule has 1 atom stereocenters. The van der Waals surface area contributed by atoms with E-state index in [0.29, 0.717) is 18.5 Å². The van der Waals surface area contributed by atoms with Gasteiger partial charge >= 0.3 is 6.18 Å². The Hall–Kier alpha value is -2.77. The van der Waals surface area contributed by atoms with Crippen LogP contribution in [0.2, 0.25) is 0 Å². The summed E-state index contributed by atoms with van der Waals surface area (Å²) in [6.07, 6.45) is -0.876. The van der Waals surface area contributed by atoms with Crippen LogP contribution in [0.25, 0.3) is 0 Å². The van der Waals surface area contributed by atoms with Crippen molar-refractivity contribution in [2.75, 3.05) is 13.1 Å². The quantitative estimate of drug-likeness (QED) is 0.778. The van der Waals surface area contributed by atoms with Gasteiger partial charge in [-0.25, -0.2) is 0 Å². The molecule has 1 aromatic carbocycles. The number of halogens is 3. The maximum Gasteiger partial charge on any atom is 0.416 e. The molecule has 0 saturated carbocycles. The molecule has 0 spiro atoms. The van der Waals surface area contributed by atoms with Gasteiger partial charge in [-0.3, -0.25) is 9.59 Å². The van der Waals surface area contributed by atoms with Crippen LogP contribution in [-0.4, -0.2) is 35.8 Å². The lowest BCUT2D eigenvalue weighted by Crippen LogP contribution is -2.53. The number of alkyl halides is 3. The number of carbonyl (C=O) groups excluding carboxylic acids is 2. The van der Waals surface area contributed by atoms with Crippen molar-refractivity contribution in [3.8, 4) is 0 Å². The summed E-state index contributed by atoms with van der Waals surface area (Å²) in [5.74, 6) is -0.467. The van der Waals surface area contributed by atoms with Crippen molar-refractivity contribution in [2.24, 2.45) is 0 Å². The van der Waals surface area contributed by atoms with E-state index in [1.807, 2.05) is 0 Å². The molecule has 1 saturated heterocycles. The van der Waals surface area contributed by atoms with Gasteiger partial charge in [0.1, 0.15) is 6.04 Å². The molecule has 2 heterocycles. The molecule has 1 fully saturated rings. The van der Waals surface area contributed by atoms with Crippen LogP contribution < -0.4 is 5.32 Å². The normalized spacial score (nSPS) is 17.6. The van der Waals surface area contributed by atoms with E-state index in [0.717, 1.165) is 25.0 Å². The van der Waals surface area contributed by atoms with E-state index in [9.17, 15) is 22.8 Å². The Bertz CT molecular complexity index is 891. The lowest BCUT2D eigenvalue weighted by molar-refractivity contribution is -0.137. The van der Waals surface area contributed by atoms with Gasteiger partial charge in [0.25, 0.3) is 5.91 Å². The number of benzene rings is 1. The first-order valence-electron chi connectivity index (χ1n) is 9.89. The standard InChI is InChI=1S/C22H25F3N2O3/c1-21(2,15-7-5-8-16(13-15)22(23,24)25)14-26-19(28)17-9-3-4-11-27(17)20(29)18-10-6-12-30-18/h5-8,10,12-13,17H,3-4,9,11,14H2,1-2H3,(H,26,28). The summed E-state index contributed by atoms with van der Waals surface area (Å²) in [6, 6.07) is 7.67. The van der Waals surface area contributed by atoms with Crippen molar-refractivity contribution in [3.63, 3.8) is 0 Å². The van der Waals surface area contributed by atoms with Crippen LogP contribution in [-0.2, 0) is 16.4 Å². The van der Waals surface area contributed by atoms with Crippen LogP contribution in [0.15, 0.2) is 47.1 Å². The van der Waals surface area contributed by atoms with Gasteiger partial charge in [-0.1, -0.05) is 32.0 Å². The Labute approximate surface area is 173 Å². The second-order valence-electron chi connectivity index (χ2n) is 8.17. The minimum Gasteiger partial charge on any atom is -0.459 e. The largest absolute Gasteiger partial charge is 0.459 e. The van der Waals surface area contributed by atoms with Crippen molar-refractivity contribution in [3.05, 3.63) is 59.5 Å². The van der Waals surface area contributed by atoms with Gasteiger partial charge in [0, 0.05) is 18.5 Å². The molecule has 1 aliphatic heterocycles. The van der Waals surface area contributed by atoms with Gasteiger partial charge in [0.15, 0.2) is 5.76 Å². The third-order valence-electron chi connectivity index (χ3n) is 5.47. The zero-order chi connectivity index (χ0) is 21.9. The molecule has 1 unspecified atom stereocenters. The first-order valence-corrected chi connectivity index (χ1v) is 9.89. The fraction of sp³-hybridized carbons (Fsp3) is 0.455. The number of amides is 2. The molecule has 162 valence electrons. The van der Waals surface area contributed by atoms with E-state index in [2.05, 4.69) is 5.32 Å². The van der Waals surface area contributed by atoms with E-state index in [4.69, 9.17) is 4.42 Å². The number of likely N-dealkylation sites (tertiary alicyclic amines) is 1. The zero-order valence-corrected chi connectivity index (χ0v) is 17.0. The highest BCUT2D eigenvalue weighted by atomic mass is 19.4. The highest BCUT2D eigenvalue weighted by Gasteiger charge is 2.35. The number of rotatable bonds is 5. The minimum absolute atomic E-state index is 0.145. The summed E-state index contributed by atoms with van der Waals surface area (Å²) in [7, 11) is 0. The Morgan fingerprint density at radius 2 is 1.87 bits per heavy atom. The topological polar surface area (TPSA) is 62.6 Å². The maximum absolute atomic E-state index is 13.0. The Morgan fingerprint density at radius 3 is 2.53 bits per heavy atom. The van der Waals surface area contributed by atoms with E-state index in [1.165, 1.54) is 17.2 Å². The predicted octanol–water partition coefficient (Wildman–Crippen LogP) is 4.39. The number of nitrogens with one attached hydrogen (secondary N) is 1. The first kappa shape index (κ1) is 21.9. The monoisotopic (exact) mass is 422 g/mol. The molecule has 1 N–H and O–H groups in total. The van der Waals surface area contributed by atoms with Crippen LogP contribution in [0.5, 0.6) is 0 Å². The van der Waals surface area contributed by atoms with Crippen molar-refractivity contribution >= 4 is 11.8 Å². The average Bonchev–Trinajstić information content (AvgIpc) is 3.26. The molecule has 0 radical (unpaired) electrons. The number of hydrogen-bond donors (Lipinski definition) is 1. The number of nitrogens with zero attached hydrogens (tertiary/aromatic N) is 1. The second-order valence-corrected chi connectivity index (χ2v) is 8.17. The molecule has 30 heavy (non-hydrogen) atoms. The van der Waals surface area contributed by atoms with E-state index in [1.54, 1.807) is 32.0 Å². The Kier molecular flexibility index (Phi) is 6.24. The van der Waals surface area contributed by atoms with Crippen LogP contribution >= 0.6 is 0 Å². The van der Waals surface area contributed by atoms with Gasteiger partial charge < -0.3 is 14.6 Å². The molecule has 2 amide bonds. The highest BCUT2D eigenvalue weighted by molar-refractivity contribution is 5.95. The molecule has 2 aromatic rings. The SMILES string of the molecule is CC(C)(CNC(=O)C1CCCCN1C(=O)c1ccco1)c1cccc(C(F)(F)F)c1. The third kappa shape index (κ3) is 4.86. The zero-order valence-electron chi connectivity index (χ0n) is 17.0. The average molecular weight is 422 g/mol. The third-order valence-corrected chi connectivity index (χ3v) is 5.47. The fourth-order valence-corrected chi connectivity index (χ4v) is 3.63. The van der Waals surface area contributed by atoms with Crippen molar-refractivity contribution < 1.29 is 27.2 Å². The number of carbonyl (C=O) groups is 2. The van der Waals surface area contributed by atoms with Gasteiger partial charge in [-0.2, -0.15) is 13.2 Å². The second kappa shape index (κ2) is 8.53. The lowest BCUT2D eigenvalue weighted by Gasteiger charge is -2.35. The van der Waals surface area contributed by atoms with Crippen LogP contribution in [0.4, 0.5) is 13.2 Å². The smallest absolute Gasteiger partial charge is 0.416 e. The number of furan rings is 1. The molecule has 0 bridgehead atoms. The minimum atomic E-state index is -4.43. The summed E-state index contributed by atoms with van der Waals surface area (Å²) >= 11 is 0. The van der Waals surface area contributed by atoms with Crippen molar-refractivity contribution in [2.45, 2.75) is 50.7 Å². The molecule has 5 nitrogen and oxygen atoms in total. The van der Waals surface area contributed by atoms with Crippen LogP contribution in [0, 0.1) is 0 Å². The van der Waals surface area contributed by atoms with E-state index in [-0.39, 0.29) is 24.1 Å². The summed E-state index contributed by atoms with van der Waals surface area (Å²) in [5.41, 5.74) is -0.965.